The van der Waals surface area contributed by atoms with Crippen LogP contribution in [0.1, 0.15) is 65.4 Å². The van der Waals surface area contributed by atoms with Gasteiger partial charge in [-0.2, -0.15) is 0 Å². The molecule has 0 spiro atoms. The second kappa shape index (κ2) is 9.34. The number of aliphatic hydroxyl groups is 6. The molecule has 200 valence electrons. The van der Waals surface area contributed by atoms with E-state index in [1.54, 1.807) is 48.5 Å². The molecule has 5 rings (SSSR count). The van der Waals surface area contributed by atoms with Crippen LogP contribution in [0.4, 0.5) is 0 Å². The summed E-state index contributed by atoms with van der Waals surface area (Å²) >= 11 is 0. The van der Waals surface area contributed by atoms with E-state index in [0.29, 0.717) is 22.4 Å². The molecule has 0 radical (unpaired) electrons. The van der Waals surface area contributed by atoms with Gasteiger partial charge in [-0.15, -0.1) is 0 Å². The van der Waals surface area contributed by atoms with Gasteiger partial charge >= 0.3 is 0 Å². The lowest BCUT2D eigenvalue weighted by Crippen LogP contribution is -2.99. The fraction of sp³-hybridized carbons (Fsp3) is 0.536. The highest BCUT2D eigenvalue weighted by atomic mass is 16.5. The van der Waals surface area contributed by atoms with Crippen molar-refractivity contribution in [3.05, 3.63) is 65.2 Å². The van der Waals surface area contributed by atoms with E-state index in [4.69, 9.17) is 4.74 Å². The maximum Gasteiger partial charge on any atom is 0.251 e. The molecule has 3 aliphatic rings. The second-order valence-corrected chi connectivity index (χ2v) is 10.7. The van der Waals surface area contributed by atoms with Gasteiger partial charge in [0.25, 0.3) is 5.91 Å². The van der Waals surface area contributed by atoms with Gasteiger partial charge < -0.3 is 40.7 Å². The Labute approximate surface area is 215 Å². The Kier molecular flexibility index (Phi) is 6.59. The molecule has 3 unspecified atom stereocenters. The quantitative estimate of drug-likeness (QED) is 0.283. The maximum absolute atomic E-state index is 12.7. The molecule has 0 bridgehead atoms. The Morgan fingerprint density at radius 2 is 1.59 bits per heavy atom. The van der Waals surface area contributed by atoms with Gasteiger partial charge in [-0.1, -0.05) is 43.5 Å². The fourth-order valence-electron chi connectivity index (χ4n) is 6.97. The molecule has 0 aromatic heterocycles. The average molecular weight is 514 g/mol. The number of aliphatic hydroxyl groups excluding tert-OH is 3. The molecule has 3 saturated carbocycles. The first-order valence-corrected chi connectivity index (χ1v) is 12.8. The molecular formula is C28H35NO8. The summed E-state index contributed by atoms with van der Waals surface area (Å²) in [5.74, 6) is -2.15. The molecule has 9 nitrogen and oxygen atoms in total. The smallest absolute Gasteiger partial charge is 0.251 e. The molecular weight excluding hydrogens is 478 g/mol. The van der Waals surface area contributed by atoms with Crippen LogP contribution in [0, 0.1) is 0 Å². The first-order valence-electron chi connectivity index (χ1n) is 12.8. The van der Waals surface area contributed by atoms with Crippen molar-refractivity contribution in [1.29, 1.82) is 0 Å². The summed E-state index contributed by atoms with van der Waals surface area (Å²) in [4.78, 5) is 12.7. The number of methoxy groups -OCH3 is 1. The predicted octanol–water partition coefficient (Wildman–Crippen LogP) is 0.560. The van der Waals surface area contributed by atoms with Crippen molar-refractivity contribution in [2.24, 2.45) is 0 Å². The van der Waals surface area contributed by atoms with E-state index in [0.717, 1.165) is 25.7 Å². The summed E-state index contributed by atoms with van der Waals surface area (Å²) in [6.45, 7) is -0.870. The molecule has 7 N–H and O–H groups in total. The van der Waals surface area contributed by atoms with Crippen molar-refractivity contribution in [3.8, 4) is 5.75 Å². The number of carbonyl (C=O) groups is 1. The lowest BCUT2D eigenvalue weighted by atomic mass is 9.30. The average Bonchev–Trinajstić information content (AvgIpc) is 2.93. The van der Waals surface area contributed by atoms with Gasteiger partial charge in [-0.25, -0.2) is 0 Å². The Morgan fingerprint density at radius 3 is 2.16 bits per heavy atom. The lowest BCUT2D eigenvalue weighted by molar-refractivity contribution is -0.459. The number of amides is 1. The molecule has 0 aliphatic heterocycles. The number of benzene rings is 2. The molecule has 2 aromatic rings. The zero-order valence-electron chi connectivity index (χ0n) is 20.7. The minimum atomic E-state index is -2.37. The van der Waals surface area contributed by atoms with Gasteiger partial charge in [0, 0.05) is 17.5 Å². The fourth-order valence-corrected chi connectivity index (χ4v) is 6.97. The number of ether oxygens (including phenoxy) is 1. The normalized spacial score (nSPS) is 36.0. The molecule has 0 heterocycles. The summed E-state index contributed by atoms with van der Waals surface area (Å²) in [6.07, 6.45) is 1.96. The SMILES string of the molecule is COc1ccc(C2[C@]3(O)C(O)C(c4ccc(C(=O)NC5CCCCC5)cc4)[C@]3(O)[C@]2(O)[C@H](O)CO)cc1. The third-order valence-corrected chi connectivity index (χ3v) is 8.92. The Hall–Kier alpha value is -2.53. The van der Waals surface area contributed by atoms with Crippen molar-refractivity contribution in [3.63, 3.8) is 0 Å². The van der Waals surface area contributed by atoms with Crippen LogP contribution in [0.3, 0.4) is 0 Å². The van der Waals surface area contributed by atoms with Crippen LogP contribution < -0.4 is 10.1 Å². The molecule has 3 aliphatic carbocycles. The van der Waals surface area contributed by atoms with E-state index < -0.39 is 47.5 Å². The highest BCUT2D eigenvalue weighted by Crippen LogP contribution is 2.75. The van der Waals surface area contributed by atoms with Crippen molar-refractivity contribution in [2.45, 2.75) is 79.0 Å². The summed E-state index contributed by atoms with van der Waals surface area (Å²) < 4.78 is 5.15. The van der Waals surface area contributed by atoms with Crippen LogP contribution >= 0.6 is 0 Å². The first kappa shape index (κ1) is 26.1. The van der Waals surface area contributed by atoms with Crippen LogP contribution in [0.15, 0.2) is 48.5 Å². The van der Waals surface area contributed by atoms with E-state index in [-0.39, 0.29) is 11.9 Å². The van der Waals surface area contributed by atoms with Gasteiger partial charge in [0.1, 0.15) is 28.7 Å². The number of carbonyl (C=O) groups excluding carboxylic acids is 1. The van der Waals surface area contributed by atoms with Crippen molar-refractivity contribution in [2.75, 3.05) is 13.7 Å². The molecule has 2 aromatic carbocycles. The topological polar surface area (TPSA) is 160 Å². The maximum atomic E-state index is 12.7. The number of nitrogens with one attached hydrogen (secondary N) is 1. The van der Waals surface area contributed by atoms with Crippen molar-refractivity contribution < 1.29 is 40.2 Å². The minimum Gasteiger partial charge on any atom is -0.497 e. The van der Waals surface area contributed by atoms with Gasteiger partial charge in [-0.05, 0) is 48.2 Å². The van der Waals surface area contributed by atoms with Gasteiger partial charge in [-0.3, -0.25) is 4.79 Å². The Morgan fingerprint density at radius 1 is 1.00 bits per heavy atom. The summed E-state index contributed by atoms with van der Waals surface area (Å²) in [7, 11) is 1.49. The molecule has 37 heavy (non-hydrogen) atoms. The first-order chi connectivity index (χ1) is 17.6. The van der Waals surface area contributed by atoms with Crippen molar-refractivity contribution >= 4 is 5.91 Å². The van der Waals surface area contributed by atoms with E-state index in [2.05, 4.69) is 5.32 Å². The zero-order chi connectivity index (χ0) is 26.6. The van der Waals surface area contributed by atoms with Gasteiger partial charge in [0.15, 0.2) is 0 Å². The Bertz CT molecular complexity index is 1130. The van der Waals surface area contributed by atoms with E-state index in [1.807, 2.05) is 0 Å². The molecule has 3 fully saturated rings. The van der Waals surface area contributed by atoms with E-state index in [1.165, 1.54) is 13.5 Å². The number of fused-ring (bicyclic) bond motifs is 1. The monoisotopic (exact) mass is 513 g/mol. The molecule has 7 atom stereocenters. The standard InChI is InChI=1S/C28H35NO8/c1-37-20-13-11-17(12-14-20)23-26(34,21(31)15-30)28(36)22(24(32)27(23,28)35)16-7-9-18(10-8-16)25(33)29-19-5-3-2-4-6-19/h7-14,19,21-24,30-32,34-36H,2-6,15H2,1H3,(H,29,33)/t21-,22?,23?,24?,26+,27+,28+/m1/s1. The third kappa shape index (κ3) is 3.49. The van der Waals surface area contributed by atoms with Crippen LogP contribution in [-0.4, -0.2) is 85.3 Å². The number of rotatable bonds is 7. The highest BCUT2D eigenvalue weighted by Gasteiger charge is 2.93. The molecule has 1 amide bonds. The van der Waals surface area contributed by atoms with Crippen LogP contribution in [0.25, 0.3) is 0 Å². The van der Waals surface area contributed by atoms with Gasteiger partial charge in [0.2, 0.25) is 0 Å². The molecule has 0 saturated heterocycles. The zero-order valence-corrected chi connectivity index (χ0v) is 20.7. The summed E-state index contributed by atoms with van der Waals surface area (Å²) in [5.41, 5.74) is -5.76. The minimum absolute atomic E-state index is 0.143. The lowest BCUT2D eigenvalue weighted by Gasteiger charge is -2.80. The van der Waals surface area contributed by atoms with Crippen molar-refractivity contribution in [1.82, 2.24) is 5.32 Å². The predicted molar refractivity (Wildman–Crippen MR) is 133 cm³/mol. The van der Waals surface area contributed by atoms with Crippen LogP contribution in [0.2, 0.25) is 0 Å². The van der Waals surface area contributed by atoms with E-state index >= 15 is 0 Å². The number of hydrogen-bond donors (Lipinski definition) is 7. The number of hydrogen-bond acceptors (Lipinski definition) is 8. The summed E-state index contributed by atoms with van der Waals surface area (Å²) in [5, 5.41) is 69.5. The summed E-state index contributed by atoms with van der Waals surface area (Å²) in [6, 6.07) is 12.7. The van der Waals surface area contributed by atoms with E-state index in [9.17, 15) is 35.4 Å². The van der Waals surface area contributed by atoms with Gasteiger partial charge in [0.05, 0.1) is 25.7 Å². The Balaban J connectivity index is 1.43. The highest BCUT2D eigenvalue weighted by molar-refractivity contribution is 5.94. The van der Waals surface area contributed by atoms with Crippen LogP contribution in [-0.2, 0) is 0 Å². The molecule has 9 heteroatoms. The van der Waals surface area contributed by atoms with Crippen LogP contribution in [0.5, 0.6) is 5.75 Å². The third-order valence-electron chi connectivity index (χ3n) is 8.92. The largest absolute Gasteiger partial charge is 0.497 e. The second-order valence-electron chi connectivity index (χ2n) is 10.7.